The van der Waals surface area contributed by atoms with Gasteiger partial charge < -0.3 is 10.4 Å². The van der Waals surface area contributed by atoms with Crippen molar-refractivity contribution in [3.63, 3.8) is 0 Å². The van der Waals surface area contributed by atoms with E-state index in [9.17, 15) is 9.59 Å². The van der Waals surface area contributed by atoms with Crippen molar-refractivity contribution in [1.82, 2.24) is 10.6 Å². The largest absolute Gasteiger partial charge is 0.480 e. The fourth-order valence-electron chi connectivity index (χ4n) is 1.21. The summed E-state index contributed by atoms with van der Waals surface area (Å²) in [6.07, 6.45) is 1.94. The summed E-state index contributed by atoms with van der Waals surface area (Å²) in [5, 5.41) is 13.8. The minimum atomic E-state index is -0.962. The number of hydrogen-bond donors (Lipinski definition) is 3. The zero-order chi connectivity index (χ0) is 11.8. The lowest BCUT2D eigenvalue weighted by Crippen LogP contribution is -2.46. The monoisotopic (exact) mass is 216 g/mol. The minimum absolute atomic E-state index is 0.136. The molecule has 0 aliphatic heterocycles. The van der Waals surface area contributed by atoms with Gasteiger partial charge in [0.05, 0.1) is 12.6 Å². The molecule has 0 aromatic rings. The zero-order valence-electron chi connectivity index (χ0n) is 9.54. The van der Waals surface area contributed by atoms with Crippen LogP contribution in [0.25, 0.3) is 0 Å². The maximum atomic E-state index is 11.5. The molecule has 0 spiro atoms. The summed E-state index contributed by atoms with van der Waals surface area (Å²) in [4.78, 5) is 21.7. The maximum Gasteiger partial charge on any atom is 0.317 e. The van der Waals surface area contributed by atoms with Gasteiger partial charge in [-0.25, -0.2) is 0 Å². The molecule has 88 valence electrons. The van der Waals surface area contributed by atoms with Crippen LogP contribution >= 0.6 is 0 Å². The van der Waals surface area contributed by atoms with E-state index in [1.807, 2.05) is 6.92 Å². The second-order valence-electron chi connectivity index (χ2n) is 3.69. The molecular formula is C10H20N2O3. The van der Waals surface area contributed by atoms with Crippen molar-refractivity contribution in [3.8, 4) is 0 Å². The third-order valence-electron chi connectivity index (χ3n) is 2.06. The molecule has 2 atom stereocenters. The molecule has 0 bridgehead atoms. The molecule has 1 amide bonds. The highest BCUT2D eigenvalue weighted by atomic mass is 16.4. The molecule has 5 heteroatoms. The van der Waals surface area contributed by atoms with Crippen LogP contribution in [0.4, 0.5) is 0 Å². The van der Waals surface area contributed by atoms with E-state index >= 15 is 0 Å². The molecule has 2 unspecified atom stereocenters. The molecule has 15 heavy (non-hydrogen) atoms. The van der Waals surface area contributed by atoms with E-state index in [1.165, 1.54) is 0 Å². The predicted molar refractivity (Wildman–Crippen MR) is 57.6 cm³/mol. The number of rotatable bonds is 7. The Hall–Kier alpha value is -1.10. The van der Waals surface area contributed by atoms with Crippen molar-refractivity contribution in [2.24, 2.45) is 0 Å². The molecule has 0 aromatic carbocycles. The molecular weight excluding hydrogens is 196 g/mol. The fraction of sp³-hybridized carbons (Fsp3) is 0.800. The fourth-order valence-corrected chi connectivity index (χ4v) is 1.21. The first-order valence-corrected chi connectivity index (χ1v) is 5.23. The van der Waals surface area contributed by atoms with E-state index in [4.69, 9.17) is 5.11 Å². The zero-order valence-corrected chi connectivity index (χ0v) is 9.54. The smallest absolute Gasteiger partial charge is 0.317 e. The summed E-state index contributed by atoms with van der Waals surface area (Å²) < 4.78 is 0. The van der Waals surface area contributed by atoms with E-state index in [0.29, 0.717) is 0 Å². The first kappa shape index (κ1) is 13.9. The van der Waals surface area contributed by atoms with Crippen molar-refractivity contribution in [2.75, 3.05) is 6.54 Å². The van der Waals surface area contributed by atoms with Gasteiger partial charge in [0, 0.05) is 6.04 Å². The molecule has 0 aliphatic rings. The Labute approximate surface area is 90.2 Å². The lowest BCUT2D eigenvalue weighted by atomic mass is 10.2. The van der Waals surface area contributed by atoms with Crippen LogP contribution < -0.4 is 10.6 Å². The third kappa shape index (κ3) is 6.90. The highest BCUT2D eigenvalue weighted by molar-refractivity contribution is 5.82. The van der Waals surface area contributed by atoms with E-state index in [1.54, 1.807) is 6.92 Å². The van der Waals surface area contributed by atoms with Crippen LogP contribution in [0, 0.1) is 0 Å². The molecule has 5 nitrogen and oxygen atoms in total. The Morgan fingerprint density at radius 2 is 1.93 bits per heavy atom. The topological polar surface area (TPSA) is 78.4 Å². The first-order valence-electron chi connectivity index (χ1n) is 5.23. The Kier molecular flexibility index (Phi) is 6.70. The Bertz CT molecular complexity index is 219. The van der Waals surface area contributed by atoms with Gasteiger partial charge in [0.2, 0.25) is 5.91 Å². The number of hydrogen-bond acceptors (Lipinski definition) is 3. The summed E-state index contributed by atoms with van der Waals surface area (Å²) >= 11 is 0. The second-order valence-corrected chi connectivity index (χ2v) is 3.69. The molecule has 0 fully saturated rings. The van der Waals surface area contributed by atoms with Crippen molar-refractivity contribution < 1.29 is 14.7 Å². The summed E-state index contributed by atoms with van der Waals surface area (Å²) in [6.45, 7) is 5.44. The van der Waals surface area contributed by atoms with Gasteiger partial charge in [-0.05, 0) is 20.3 Å². The van der Waals surface area contributed by atoms with Gasteiger partial charge in [0.25, 0.3) is 0 Å². The number of carboxylic acid groups (broad SMARTS) is 1. The molecule has 0 saturated carbocycles. The molecule has 0 heterocycles. The van der Waals surface area contributed by atoms with Gasteiger partial charge in [0.15, 0.2) is 0 Å². The van der Waals surface area contributed by atoms with E-state index in [-0.39, 0.29) is 18.5 Å². The average Bonchev–Trinajstić information content (AvgIpc) is 2.14. The lowest BCUT2D eigenvalue weighted by Gasteiger charge is -2.17. The molecule has 3 N–H and O–H groups in total. The third-order valence-corrected chi connectivity index (χ3v) is 2.06. The van der Waals surface area contributed by atoms with Gasteiger partial charge in [-0.15, -0.1) is 0 Å². The van der Waals surface area contributed by atoms with Crippen molar-refractivity contribution >= 4 is 11.9 Å². The van der Waals surface area contributed by atoms with Crippen molar-refractivity contribution in [3.05, 3.63) is 0 Å². The number of aliphatic carboxylic acids is 1. The number of carboxylic acids is 1. The van der Waals surface area contributed by atoms with Gasteiger partial charge >= 0.3 is 5.97 Å². The van der Waals surface area contributed by atoms with Gasteiger partial charge in [-0.2, -0.15) is 0 Å². The van der Waals surface area contributed by atoms with Crippen LogP contribution in [-0.4, -0.2) is 35.6 Å². The van der Waals surface area contributed by atoms with Crippen molar-refractivity contribution in [1.29, 1.82) is 0 Å². The second kappa shape index (κ2) is 7.23. The lowest BCUT2D eigenvalue weighted by molar-refractivity contribution is -0.136. The molecule has 0 aliphatic carbocycles. The number of amides is 1. The van der Waals surface area contributed by atoms with Crippen LogP contribution in [0.1, 0.15) is 33.6 Å². The van der Waals surface area contributed by atoms with Crippen LogP contribution in [0.2, 0.25) is 0 Å². The summed E-state index contributed by atoms with van der Waals surface area (Å²) in [6, 6.07) is -0.336. The maximum absolute atomic E-state index is 11.5. The quantitative estimate of drug-likeness (QED) is 0.574. The van der Waals surface area contributed by atoms with Crippen molar-refractivity contribution in [2.45, 2.75) is 45.7 Å². The summed E-state index contributed by atoms with van der Waals surface area (Å²) in [5.74, 6) is -1.12. The highest BCUT2D eigenvalue weighted by Gasteiger charge is 2.14. The number of carbonyl (C=O) groups excluding carboxylic acids is 1. The molecule has 0 aromatic heterocycles. The van der Waals surface area contributed by atoms with Gasteiger partial charge in [-0.1, -0.05) is 13.3 Å². The predicted octanol–water partition coefficient (Wildman–Crippen LogP) is 0.354. The van der Waals surface area contributed by atoms with Gasteiger partial charge in [0.1, 0.15) is 0 Å². The molecule has 0 rings (SSSR count). The van der Waals surface area contributed by atoms with Crippen LogP contribution in [0.5, 0.6) is 0 Å². The first-order chi connectivity index (χ1) is 6.97. The highest BCUT2D eigenvalue weighted by Crippen LogP contribution is 1.95. The van der Waals surface area contributed by atoms with Crippen LogP contribution in [0.15, 0.2) is 0 Å². The molecule has 0 saturated heterocycles. The van der Waals surface area contributed by atoms with Crippen LogP contribution in [0.3, 0.4) is 0 Å². The number of nitrogens with one attached hydrogen (secondary N) is 2. The van der Waals surface area contributed by atoms with E-state index < -0.39 is 12.0 Å². The Balaban J connectivity index is 3.82. The number of carbonyl (C=O) groups is 2. The summed E-state index contributed by atoms with van der Waals surface area (Å²) in [7, 11) is 0. The Morgan fingerprint density at radius 1 is 1.33 bits per heavy atom. The standard InChI is InChI=1S/C10H20N2O3/c1-4-5-7(2)12-10(15)8(3)11-6-9(13)14/h7-8,11H,4-6H2,1-3H3,(H,12,15)(H,13,14). The minimum Gasteiger partial charge on any atom is -0.480 e. The van der Waals surface area contributed by atoms with Crippen LogP contribution in [-0.2, 0) is 9.59 Å². The van der Waals surface area contributed by atoms with Gasteiger partial charge in [-0.3, -0.25) is 14.9 Å². The summed E-state index contributed by atoms with van der Waals surface area (Å²) in [5.41, 5.74) is 0. The van der Waals surface area contributed by atoms with E-state index in [0.717, 1.165) is 12.8 Å². The Morgan fingerprint density at radius 3 is 2.40 bits per heavy atom. The normalized spacial score (nSPS) is 14.3. The van der Waals surface area contributed by atoms with E-state index in [2.05, 4.69) is 17.6 Å². The average molecular weight is 216 g/mol. The molecule has 0 radical (unpaired) electrons. The SMILES string of the molecule is CCCC(C)NC(=O)C(C)NCC(=O)O.